The number of hydrogen-bond donors (Lipinski definition) is 0. The standard InChI is InChI=1S/C13H19ClN2/c1-15(2)10-11-5-6-13(12(14)9-11)16-7-3-4-8-16/h5-6,9H,3-4,7-8,10H2,1-2H3. The Morgan fingerprint density at radius 2 is 1.94 bits per heavy atom. The predicted octanol–water partition coefficient (Wildman–Crippen LogP) is 3.00. The summed E-state index contributed by atoms with van der Waals surface area (Å²) in [6.45, 7) is 3.24. The van der Waals surface area contributed by atoms with Crippen molar-refractivity contribution in [3.8, 4) is 0 Å². The molecule has 0 radical (unpaired) electrons. The third-order valence-electron chi connectivity index (χ3n) is 2.96. The monoisotopic (exact) mass is 238 g/mol. The highest BCUT2D eigenvalue weighted by molar-refractivity contribution is 6.33. The van der Waals surface area contributed by atoms with Crippen LogP contribution in [0.15, 0.2) is 18.2 Å². The van der Waals surface area contributed by atoms with Gasteiger partial charge in [0, 0.05) is 19.6 Å². The highest BCUT2D eigenvalue weighted by Crippen LogP contribution is 2.29. The highest BCUT2D eigenvalue weighted by Gasteiger charge is 2.15. The minimum absolute atomic E-state index is 0.890. The van der Waals surface area contributed by atoms with Gasteiger partial charge in [0.05, 0.1) is 10.7 Å². The highest BCUT2D eigenvalue weighted by atomic mass is 35.5. The molecule has 88 valence electrons. The quantitative estimate of drug-likeness (QED) is 0.799. The summed E-state index contributed by atoms with van der Waals surface area (Å²) in [5, 5.41) is 0.890. The van der Waals surface area contributed by atoms with Crippen LogP contribution in [0.1, 0.15) is 18.4 Å². The Bertz CT molecular complexity index is 357. The van der Waals surface area contributed by atoms with Gasteiger partial charge in [-0.15, -0.1) is 0 Å². The molecule has 0 amide bonds. The largest absolute Gasteiger partial charge is 0.370 e. The molecule has 2 nitrogen and oxygen atoms in total. The molecule has 2 rings (SSSR count). The third-order valence-corrected chi connectivity index (χ3v) is 3.26. The van der Waals surface area contributed by atoms with Crippen molar-refractivity contribution in [1.82, 2.24) is 4.90 Å². The molecule has 0 N–H and O–H groups in total. The van der Waals surface area contributed by atoms with E-state index in [0.29, 0.717) is 0 Å². The molecular weight excluding hydrogens is 220 g/mol. The van der Waals surface area contributed by atoms with E-state index >= 15 is 0 Å². The van der Waals surface area contributed by atoms with E-state index in [0.717, 1.165) is 24.7 Å². The van der Waals surface area contributed by atoms with E-state index in [2.05, 4.69) is 42.1 Å². The van der Waals surface area contributed by atoms with Crippen molar-refractivity contribution < 1.29 is 0 Å². The molecule has 16 heavy (non-hydrogen) atoms. The second kappa shape index (κ2) is 5.07. The first-order valence-corrected chi connectivity index (χ1v) is 6.23. The molecule has 0 aliphatic carbocycles. The zero-order valence-electron chi connectivity index (χ0n) is 10.0. The Balaban J connectivity index is 2.15. The minimum atomic E-state index is 0.890. The molecule has 1 saturated heterocycles. The van der Waals surface area contributed by atoms with Gasteiger partial charge in [-0.2, -0.15) is 0 Å². The summed E-state index contributed by atoms with van der Waals surface area (Å²) in [6.07, 6.45) is 2.57. The van der Waals surface area contributed by atoms with Gasteiger partial charge in [0.2, 0.25) is 0 Å². The minimum Gasteiger partial charge on any atom is -0.370 e. The maximum absolute atomic E-state index is 6.33. The fourth-order valence-electron chi connectivity index (χ4n) is 2.23. The molecule has 1 aliphatic rings. The van der Waals surface area contributed by atoms with Crippen LogP contribution < -0.4 is 4.90 Å². The lowest BCUT2D eigenvalue weighted by atomic mass is 10.2. The lowest BCUT2D eigenvalue weighted by Crippen LogP contribution is -2.18. The lowest BCUT2D eigenvalue weighted by Gasteiger charge is -2.20. The topological polar surface area (TPSA) is 6.48 Å². The van der Waals surface area contributed by atoms with Crippen LogP contribution in [0.2, 0.25) is 5.02 Å². The van der Waals surface area contributed by atoms with Crippen molar-refractivity contribution in [2.45, 2.75) is 19.4 Å². The van der Waals surface area contributed by atoms with E-state index in [1.165, 1.54) is 24.1 Å². The van der Waals surface area contributed by atoms with Gasteiger partial charge in [-0.05, 0) is 44.6 Å². The van der Waals surface area contributed by atoms with Crippen LogP contribution in [0.3, 0.4) is 0 Å². The van der Waals surface area contributed by atoms with E-state index in [-0.39, 0.29) is 0 Å². The zero-order valence-corrected chi connectivity index (χ0v) is 10.8. The number of anilines is 1. The van der Waals surface area contributed by atoms with Crippen LogP contribution in [0, 0.1) is 0 Å². The van der Waals surface area contributed by atoms with Gasteiger partial charge in [-0.25, -0.2) is 0 Å². The van der Waals surface area contributed by atoms with Crippen LogP contribution in [0.4, 0.5) is 5.69 Å². The maximum Gasteiger partial charge on any atom is 0.0642 e. The molecular formula is C13H19ClN2. The Morgan fingerprint density at radius 1 is 1.25 bits per heavy atom. The zero-order chi connectivity index (χ0) is 11.5. The molecule has 1 heterocycles. The van der Waals surface area contributed by atoms with E-state index in [9.17, 15) is 0 Å². The number of nitrogens with zero attached hydrogens (tertiary/aromatic N) is 2. The van der Waals surface area contributed by atoms with Gasteiger partial charge in [0.15, 0.2) is 0 Å². The fourth-order valence-corrected chi connectivity index (χ4v) is 2.55. The molecule has 0 aromatic heterocycles. The predicted molar refractivity (Wildman–Crippen MR) is 70.3 cm³/mol. The summed E-state index contributed by atoms with van der Waals surface area (Å²) < 4.78 is 0. The molecule has 0 saturated carbocycles. The molecule has 1 fully saturated rings. The average Bonchev–Trinajstić information content (AvgIpc) is 2.69. The maximum atomic E-state index is 6.33. The fraction of sp³-hybridized carbons (Fsp3) is 0.538. The summed E-state index contributed by atoms with van der Waals surface area (Å²) >= 11 is 6.33. The Hall–Kier alpha value is -0.730. The third kappa shape index (κ3) is 2.69. The smallest absolute Gasteiger partial charge is 0.0642 e. The van der Waals surface area contributed by atoms with Crippen molar-refractivity contribution >= 4 is 17.3 Å². The van der Waals surface area contributed by atoms with Gasteiger partial charge in [-0.3, -0.25) is 0 Å². The van der Waals surface area contributed by atoms with Crippen LogP contribution in [0.25, 0.3) is 0 Å². The molecule has 1 aromatic carbocycles. The van der Waals surface area contributed by atoms with Crippen LogP contribution in [-0.2, 0) is 6.54 Å². The van der Waals surface area contributed by atoms with E-state index in [1.54, 1.807) is 0 Å². The molecule has 0 atom stereocenters. The first-order chi connectivity index (χ1) is 7.66. The second-order valence-electron chi connectivity index (χ2n) is 4.72. The molecule has 0 spiro atoms. The Morgan fingerprint density at radius 3 is 2.50 bits per heavy atom. The number of halogens is 1. The van der Waals surface area contributed by atoms with E-state index in [1.807, 2.05) is 0 Å². The summed E-state index contributed by atoms with van der Waals surface area (Å²) in [5.74, 6) is 0. The summed E-state index contributed by atoms with van der Waals surface area (Å²) in [4.78, 5) is 4.53. The van der Waals surface area contributed by atoms with Gasteiger partial charge in [0.25, 0.3) is 0 Å². The van der Waals surface area contributed by atoms with Crippen molar-refractivity contribution in [1.29, 1.82) is 0 Å². The summed E-state index contributed by atoms with van der Waals surface area (Å²) in [5.41, 5.74) is 2.47. The van der Waals surface area contributed by atoms with Crippen LogP contribution in [0.5, 0.6) is 0 Å². The first kappa shape index (κ1) is 11.7. The SMILES string of the molecule is CN(C)Cc1ccc(N2CCCC2)c(Cl)c1. The average molecular weight is 239 g/mol. The normalized spacial score (nSPS) is 16.1. The Labute approximate surface area is 103 Å². The van der Waals surface area contributed by atoms with Gasteiger partial charge < -0.3 is 9.80 Å². The Kier molecular flexibility index (Phi) is 3.72. The van der Waals surface area contributed by atoms with Crippen molar-refractivity contribution in [2.24, 2.45) is 0 Å². The lowest BCUT2D eigenvalue weighted by molar-refractivity contribution is 0.402. The van der Waals surface area contributed by atoms with Crippen LogP contribution in [-0.4, -0.2) is 32.1 Å². The van der Waals surface area contributed by atoms with Gasteiger partial charge >= 0.3 is 0 Å². The number of benzene rings is 1. The van der Waals surface area contributed by atoms with Crippen LogP contribution >= 0.6 is 11.6 Å². The van der Waals surface area contributed by atoms with Crippen molar-refractivity contribution in [3.05, 3.63) is 28.8 Å². The molecule has 3 heteroatoms. The molecule has 0 bridgehead atoms. The van der Waals surface area contributed by atoms with Gasteiger partial charge in [0.1, 0.15) is 0 Å². The van der Waals surface area contributed by atoms with Gasteiger partial charge in [-0.1, -0.05) is 17.7 Å². The second-order valence-corrected chi connectivity index (χ2v) is 5.12. The van der Waals surface area contributed by atoms with Crippen molar-refractivity contribution in [2.75, 3.05) is 32.1 Å². The summed E-state index contributed by atoms with van der Waals surface area (Å²) in [6, 6.07) is 6.43. The number of hydrogen-bond acceptors (Lipinski definition) is 2. The first-order valence-electron chi connectivity index (χ1n) is 5.85. The summed E-state index contributed by atoms with van der Waals surface area (Å²) in [7, 11) is 4.14. The molecule has 1 aromatic rings. The van der Waals surface area contributed by atoms with Crippen molar-refractivity contribution in [3.63, 3.8) is 0 Å². The van der Waals surface area contributed by atoms with E-state index in [4.69, 9.17) is 11.6 Å². The number of rotatable bonds is 3. The molecule has 1 aliphatic heterocycles. The van der Waals surface area contributed by atoms with E-state index < -0.39 is 0 Å². The molecule has 0 unspecified atom stereocenters.